The number of halogens is 1. The Bertz CT molecular complexity index is 386. The van der Waals surface area contributed by atoms with E-state index < -0.39 is 0 Å². The molecule has 2 N–H and O–H groups in total. The predicted molar refractivity (Wildman–Crippen MR) is 52.3 cm³/mol. The van der Waals surface area contributed by atoms with Crippen LogP contribution < -0.4 is 5.73 Å². The molecule has 2 heterocycles. The third-order valence-corrected chi connectivity index (χ3v) is 3.54. The molecule has 0 aliphatic heterocycles. The van der Waals surface area contributed by atoms with E-state index in [-0.39, 0.29) is 6.04 Å². The summed E-state index contributed by atoms with van der Waals surface area (Å²) in [7, 11) is 0. The van der Waals surface area contributed by atoms with Gasteiger partial charge in [0.1, 0.15) is 6.04 Å². The van der Waals surface area contributed by atoms with Crippen molar-refractivity contribution in [3.63, 3.8) is 0 Å². The van der Waals surface area contributed by atoms with Gasteiger partial charge in [-0.05, 0) is 27.4 Å². The predicted octanol–water partition coefficient (Wildman–Crippen LogP) is 1.94. The van der Waals surface area contributed by atoms with Crippen LogP contribution in [0.25, 0.3) is 0 Å². The average Bonchev–Trinajstić information content (AvgIpc) is 2.72. The van der Waals surface area contributed by atoms with Gasteiger partial charge in [0.05, 0.1) is 0 Å². The summed E-state index contributed by atoms with van der Waals surface area (Å²) in [6.07, 6.45) is 1.27. The van der Waals surface area contributed by atoms with E-state index in [1.807, 2.05) is 11.4 Å². The standard InChI is InChI=1S/C7H6BrN3OS/c8-4-1-2-13-6(4)5(9)7-10-3-12-11-7/h1-3,5H,9H2. The van der Waals surface area contributed by atoms with Crippen molar-refractivity contribution in [1.82, 2.24) is 10.1 Å². The zero-order valence-corrected chi connectivity index (χ0v) is 8.88. The van der Waals surface area contributed by atoms with Crippen LogP contribution in [0.15, 0.2) is 26.8 Å². The zero-order valence-electron chi connectivity index (χ0n) is 6.48. The van der Waals surface area contributed by atoms with E-state index in [0.29, 0.717) is 5.82 Å². The van der Waals surface area contributed by atoms with Crippen molar-refractivity contribution in [2.45, 2.75) is 6.04 Å². The molecule has 0 bridgehead atoms. The molecule has 68 valence electrons. The van der Waals surface area contributed by atoms with E-state index in [4.69, 9.17) is 5.73 Å². The number of thiophene rings is 1. The van der Waals surface area contributed by atoms with Crippen molar-refractivity contribution in [3.05, 3.63) is 33.0 Å². The Morgan fingerprint density at radius 1 is 1.62 bits per heavy atom. The van der Waals surface area contributed by atoms with Crippen molar-refractivity contribution in [2.24, 2.45) is 5.73 Å². The first-order chi connectivity index (χ1) is 6.29. The van der Waals surface area contributed by atoms with Crippen molar-refractivity contribution < 1.29 is 4.52 Å². The van der Waals surface area contributed by atoms with E-state index in [9.17, 15) is 0 Å². The summed E-state index contributed by atoms with van der Waals surface area (Å²) in [5.41, 5.74) is 5.90. The minimum absolute atomic E-state index is 0.312. The lowest BCUT2D eigenvalue weighted by Crippen LogP contribution is -2.12. The molecule has 1 unspecified atom stereocenters. The molecule has 0 saturated carbocycles. The van der Waals surface area contributed by atoms with Gasteiger partial charge in [-0.3, -0.25) is 0 Å². The molecule has 1 atom stereocenters. The maximum Gasteiger partial charge on any atom is 0.213 e. The van der Waals surface area contributed by atoms with Crippen LogP contribution in [0.4, 0.5) is 0 Å². The maximum absolute atomic E-state index is 5.90. The molecular formula is C7H6BrN3OS. The Labute approximate surface area is 86.9 Å². The van der Waals surface area contributed by atoms with Crippen LogP contribution in [0.5, 0.6) is 0 Å². The Balaban J connectivity index is 2.33. The highest BCUT2D eigenvalue weighted by Crippen LogP contribution is 2.29. The first-order valence-electron chi connectivity index (χ1n) is 3.54. The largest absolute Gasteiger partial charge is 0.343 e. The Morgan fingerprint density at radius 3 is 3.00 bits per heavy atom. The van der Waals surface area contributed by atoms with Gasteiger partial charge >= 0.3 is 0 Å². The second-order valence-corrected chi connectivity index (χ2v) is 4.20. The van der Waals surface area contributed by atoms with Crippen molar-refractivity contribution in [1.29, 1.82) is 0 Å². The van der Waals surface area contributed by atoms with Crippen LogP contribution in [0.2, 0.25) is 0 Å². The van der Waals surface area contributed by atoms with Gasteiger partial charge in [-0.15, -0.1) is 11.3 Å². The van der Waals surface area contributed by atoms with Gasteiger partial charge in [-0.1, -0.05) is 5.16 Å². The molecule has 13 heavy (non-hydrogen) atoms. The zero-order chi connectivity index (χ0) is 9.26. The molecule has 0 aliphatic rings. The number of aromatic nitrogens is 2. The molecule has 0 fully saturated rings. The molecular weight excluding hydrogens is 254 g/mol. The van der Waals surface area contributed by atoms with Crippen molar-refractivity contribution >= 4 is 27.3 Å². The van der Waals surface area contributed by atoms with Crippen LogP contribution in [0, 0.1) is 0 Å². The molecule has 0 spiro atoms. The van der Waals surface area contributed by atoms with Gasteiger partial charge in [0.2, 0.25) is 6.39 Å². The lowest BCUT2D eigenvalue weighted by atomic mass is 10.2. The minimum Gasteiger partial charge on any atom is -0.343 e. The molecule has 0 aliphatic carbocycles. The second-order valence-electron chi connectivity index (χ2n) is 2.40. The summed E-state index contributed by atoms with van der Waals surface area (Å²) in [6.45, 7) is 0. The third-order valence-electron chi connectivity index (χ3n) is 1.58. The molecule has 2 rings (SSSR count). The Hall–Kier alpha value is -0.720. The van der Waals surface area contributed by atoms with Gasteiger partial charge in [0.15, 0.2) is 5.82 Å². The van der Waals surface area contributed by atoms with Crippen LogP contribution >= 0.6 is 27.3 Å². The first-order valence-corrected chi connectivity index (χ1v) is 5.21. The van der Waals surface area contributed by atoms with E-state index in [2.05, 4.69) is 30.6 Å². The third kappa shape index (κ3) is 1.65. The van der Waals surface area contributed by atoms with E-state index in [1.54, 1.807) is 11.3 Å². The SMILES string of the molecule is NC(c1ncon1)c1sccc1Br. The summed E-state index contributed by atoms with van der Waals surface area (Å²) in [5, 5.41) is 5.65. The lowest BCUT2D eigenvalue weighted by Gasteiger charge is -2.03. The van der Waals surface area contributed by atoms with Crippen LogP contribution in [0.3, 0.4) is 0 Å². The number of hydrogen-bond acceptors (Lipinski definition) is 5. The quantitative estimate of drug-likeness (QED) is 0.896. The fourth-order valence-corrected chi connectivity index (χ4v) is 2.58. The van der Waals surface area contributed by atoms with Gasteiger partial charge < -0.3 is 10.3 Å². The van der Waals surface area contributed by atoms with Crippen molar-refractivity contribution in [2.75, 3.05) is 0 Å². The topological polar surface area (TPSA) is 64.9 Å². The van der Waals surface area contributed by atoms with Crippen molar-refractivity contribution in [3.8, 4) is 0 Å². The number of nitrogens with two attached hydrogens (primary N) is 1. The highest BCUT2D eigenvalue weighted by Gasteiger charge is 2.17. The van der Waals surface area contributed by atoms with Gasteiger partial charge in [0, 0.05) is 9.35 Å². The van der Waals surface area contributed by atoms with Gasteiger partial charge in [-0.25, -0.2) is 0 Å². The van der Waals surface area contributed by atoms with Gasteiger partial charge in [0.25, 0.3) is 0 Å². The molecule has 0 aromatic carbocycles. The normalized spacial score (nSPS) is 13.1. The summed E-state index contributed by atoms with van der Waals surface area (Å²) < 4.78 is 5.60. The van der Waals surface area contributed by atoms with Gasteiger partial charge in [-0.2, -0.15) is 4.98 Å². The number of hydrogen-bond donors (Lipinski definition) is 1. The van der Waals surface area contributed by atoms with Crippen LogP contribution in [-0.4, -0.2) is 10.1 Å². The van der Waals surface area contributed by atoms with Crippen LogP contribution in [0.1, 0.15) is 16.7 Å². The molecule has 6 heteroatoms. The lowest BCUT2D eigenvalue weighted by molar-refractivity contribution is 0.407. The van der Waals surface area contributed by atoms with E-state index in [0.717, 1.165) is 9.35 Å². The number of nitrogens with zero attached hydrogens (tertiary/aromatic N) is 2. The Kier molecular flexibility index (Phi) is 2.43. The first kappa shape index (κ1) is 8.86. The Morgan fingerprint density at radius 2 is 2.46 bits per heavy atom. The maximum atomic E-state index is 5.90. The fourth-order valence-electron chi connectivity index (χ4n) is 0.960. The number of rotatable bonds is 2. The molecule has 0 amide bonds. The van der Waals surface area contributed by atoms with E-state index >= 15 is 0 Å². The molecule has 2 aromatic heterocycles. The average molecular weight is 260 g/mol. The van der Waals surface area contributed by atoms with E-state index in [1.165, 1.54) is 6.39 Å². The molecule has 0 radical (unpaired) electrons. The molecule has 0 saturated heterocycles. The highest BCUT2D eigenvalue weighted by molar-refractivity contribution is 9.10. The minimum atomic E-state index is -0.312. The molecule has 4 nitrogen and oxygen atoms in total. The second kappa shape index (κ2) is 3.57. The summed E-state index contributed by atoms with van der Waals surface area (Å²) in [5.74, 6) is 0.503. The molecule has 2 aromatic rings. The smallest absolute Gasteiger partial charge is 0.213 e. The summed E-state index contributed by atoms with van der Waals surface area (Å²) in [4.78, 5) is 4.90. The summed E-state index contributed by atoms with van der Waals surface area (Å²) in [6, 6.07) is 1.63. The monoisotopic (exact) mass is 259 g/mol. The highest BCUT2D eigenvalue weighted by atomic mass is 79.9. The summed E-state index contributed by atoms with van der Waals surface area (Å²) >= 11 is 4.96. The van der Waals surface area contributed by atoms with Crippen LogP contribution in [-0.2, 0) is 0 Å². The fraction of sp³-hybridized carbons (Fsp3) is 0.143.